The monoisotopic (exact) mass is 271 g/mol. The zero-order chi connectivity index (χ0) is 13.9. The maximum Gasteiger partial charge on any atom is 0.180 e. The SMILES string of the molecule is CCNc1cn2ccnc2c(NCc2ccc(C)o2)n1. The molecule has 0 aliphatic heterocycles. The van der Waals surface area contributed by atoms with Crippen LogP contribution in [0.3, 0.4) is 0 Å². The van der Waals surface area contributed by atoms with Crippen LogP contribution in [-0.4, -0.2) is 20.9 Å². The van der Waals surface area contributed by atoms with Crippen molar-refractivity contribution in [2.75, 3.05) is 17.2 Å². The number of hydrogen-bond donors (Lipinski definition) is 2. The number of fused-ring (bicyclic) bond motifs is 1. The molecule has 2 N–H and O–H groups in total. The van der Waals surface area contributed by atoms with E-state index in [0.29, 0.717) is 6.54 Å². The molecule has 6 heteroatoms. The molecule has 20 heavy (non-hydrogen) atoms. The second kappa shape index (κ2) is 5.24. The molecular formula is C14H17N5O. The maximum absolute atomic E-state index is 5.54. The third kappa shape index (κ3) is 2.45. The highest BCUT2D eigenvalue weighted by atomic mass is 16.3. The number of anilines is 2. The predicted octanol–water partition coefficient (Wildman–Crippen LogP) is 2.67. The Labute approximate surface area is 116 Å². The number of imidazole rings is 1. The summed E-state index contributed by atoms with van der Waals surface area (Å²) in [5.74, 6) is 3.34. The molecule has 3 aromatic rings. The van der Waals surface area contributed by atoms with Crippen molar-refractivity contribution in [3.63, 3.8) is 0 Å². The lowest BCUT2D eigenvalue weighted by Crippen LogP contribution is -2.07. The van der Waals surface area contributed by atoms with E-state index in [1.54, 1.807) is 6.20 Å². The van der Waals surface area contributed by atoms with E-state index in [-0.39, 0.29) is 0 Å². The fourth-order valence-electron chi connectivity index (χ4n) is 2.07. The van der Waals surface area contributed by atoms with Gasteiger partial charge in [0, 0.05) is 18.9 Å². The number of furan rings is 1. The van der Waals surface area contributed by atoms with Gasteiger partial charge in [0.25, 0.3) is 0 Å². The van der Waals surface area contributed by atoms with Gasteiger partial charge in [-0.1, -0.05) is 0 Å². The lowest BCUT2D eigenvalue weighted by Gasteiger charge is -2.09. The summed E-state index contributed by atoms with van der Waals surface area (Å²) in [6, 6.07) is 3.91. The van der Waals surface area contributed by atoms with E-state index in [1.807, 2.05) is 42.8 Å². The molecule has 0 atom stereocenters. The van der Waals surface area contributed by atoms with E-state index in [9.17, 15) is 0 Å². The van der Waals surface area contributed by atoms with Crippen molar-refractivity contribution in [2.45, 2.75) is 20.4 Å². The smallest absolute Gasteiger partial charge is 0.180 e. The Morgan fingerprint density at radius 2 is 2.20 bits per heavy atom. The molecule has 0 amide bonds. The van der Waals surface area contributed by atoms with Crippen molar-refractivity contribution in [3.8, 4) is 0 Å². The van der Waals surface area contributed by atoms with Crippen LogP contribution >= 0.6 is 0 Å². The zero-order valence-corrected chi connectivity index (χ0v) is 11.6. The van der Waals surface area contributed by atoms with Gasteiger partial charge in [-0.3, -0.25) is 0 Å². The van der Waals surface area contributed by atoms with Crippen molar-refractivity contribution < 1.29 is 4.42 Å². The molecule has 0 radical (unpaired) electrons. The van der Waals surface area contributed by atoms with Crippen LogP contribution in [0.1, 0.15) is 18.4 Å². The van der Waals surface area contributed by atoms with Crippen LogP contribution in [-0.2, 0) is 6.54 Å². The first-order chi connectivity index (χ1) is 9.76. The van der Waals surface area contributed by atoms with E-state index in [4.69, 9.17) is 4.42 Å². The minimum Gasteiger partial charge on any atom is -0.465 e. The number of aryl methyl sites for hydroxylation is 1. The van der Waals surface area contributed by atoms with E-state index < -0.39 is 0 Å². The number of hydrogen-bond acceptors (Lipinski definition) is 5. The minimum absolute atomic E-state index is 0.582. The molecule has 0 fully saturated rings. The van der Waals surface area contributed by atoms with E-state index in [1.165, 1.54) is 0 Å². The summed E-state index contributed by atoms with van der Waals surface area (Å²) in [6.07, 6.45) is 5.59. The summed E-state index contributed by atoms with van der Waals surface area (Å²) in [5.41, 5.74) is 0.801. The largest absolute Gasteiger partial charge is 0.465 e. The molecule has 3 rings (SSSR count). The molecule has 0 aromatic carbocycles. The van der Waals surface area contributed by atoms with Crippen LogP contribution in [0.15, 0.2) is 35.1 Å². The van der Waals surface area contributed by atoms with Gasteiger partial charge in [0.1, 0.15) is 17.3 Å². The fourth-order valence-corrected chi connectivity index (χ4v) is 2.07. The Morgan fingerprint density at radius 3 is 2.95 bits per heavy atom. The number of nitrogens with one attached hydrogen (secondary N) is 2. The lowest BCUT2D eigenvalue weighted by molar-refractivity contribution is 0.490. The van der Waals surface area contributed by atoms with Gasteiger partial charge in [0.15, 0.2) is 11.5 Å². The molecule has 104 valence electrons. The molecule has 0 unspecified atom stereocenters. The molecule has 0 aliphatic carbocycles. The van der Waals surface area contributed by atoms with Crippen LogP contribution in [0.5, 0.6) is 0 Å². The van der Waals surface area contributed by atoms with Crippen molar-refractivity contribution in [1.29, 1.82) is 0 Å². The summed E-state index contributed by atoms with van der Waals surface area (Å²) >= 11 is 0. The topological polar surface area (TPSA) is 67.4 Å². The summed E-state index contributed by atoms with van der Waals surface area (Å²) in [5, 5.41) is 6.48. The maximum atomic E-state index is 5.54. The minimum atomic E-state index is 0.582. The average Bonchev–Trinajstić information content (AvgIpc) is 3.05. The number of aromatic nitrogens is 3. The van der Waals surface area contributed by atoms with Gasteiger partial charge in [-0.05, 0) is 26.0 Å². The molecule has 3 heterocycles. The Bertz CT molecular complexity index is 715. The quantitative estimate of drug-likeness (QED) is 0.746. The standard InChI is InChI=1S/C14H17N5O/c1-3-15-12-9-19-7-6-16-14(19)13(18-12)17-8-11-5-4-10(2)20-11/h4-7,9,15H,3,8H2,1-2H3,(H,17,18). The molecule has 0 aliphatic rings. The zero-order valence-electron chi connectivity index (χ0n) is 11.6. The normalized spacial score (nSPS) is 10.9. The van der Waals surface area contributed by atoms with E-state index in [0.717, 1.165) is 35.3 Å². The molecule has 0 spiro atoms. The van der Waals surface area contributed by atoms with Crippen LogP contribution in [0.4, 0.5) is 11.6 Å². The van der Waals surface area contributed by atoms with E-state index in [2.05, 4.69) is 20.6 Å². The molecular weight excluding hydrogens is 254 g/mol. The van der Waals surface area contributed by atoms with Crippen molar-refractivity contribution in [3.05, 3.63) is 42.2 Å². The Balaban J connectivity index is 1.87. The summed E-state index contributed by atoms with van der Waals surface area (Å²) in [7, 11) is 0. The highest BCUT2D eigenvalue weighted by Crippen LogP contribution is 2.17. The lowest BCUT2D eigenvalue weighted by atomic mass is 10.4. The molecule has 6 nitrogen and oxygen atoms in total. The van der Waals surface area contributed by atoms with Crippen LogP contribution in [0, 0.1) is 6.92 Å². The fraction of sp³-hybridized carbons (Fsp3) is 0.286. The van der Waals surface area contributed by atoms with Gasteiger partial charge in [-0.15, -0.1) is 0 Å². The molecule has 0 bridgehead atoms. The Hall–Kier alpha value is -2.50. The average molecular weight is 271 g/mol. The Morgan fingerprint density at radius 1 is 1.30 bits per heavy atom. The summed E-state index contributed by atoms with van der Waals surface area (Å²) in [4.78, 5) is 8.85. The number of rotatable bonds is 5. The third-order valence-electron chi connectivity index (χ3n) is 2.96. The van der Waals surface area contributed by atoms with Crippen LogP contribution in [0.25, 0.3) is 5.65 Å². The first kappa shape index (κ1) is 12.5. The summed E-state index contributed by atoms with van der Waals surface area (Å²) < 4.78 is 7.49. The Kier molecular flexibility index (Phi) is 3.28. The van der Waals surface area contributed by atoms with Gasteiger partial charge in [0.05, 0.1) is 12.7 Å². The second-order valence-corrected chi connectivity index (χ2v) is 4.53. The highest BCUT2D eigenvalue weighted by molar-refractivity contribution is 5.65. The number of nitrogens with zero attached hydrogens (tertiary/aromatic N) is 3. The first-order valence-electron chi connectivity index (χ1n) is 6.63. The van der Waals surface area contributed by atoms with Gasteiger partial charge in [0.2, 0.25) is 0 Å². The predicted molar refractivity (Wildman–Crippen MR) is 77.9 cm³/mol. The first-order valence-corrected chi connectivity index (χ1v) is 6.63. The van der Waals surface area contributed by atoms with Crippen molar-refractivity contribution >= 4 is 17.3 Å². The van der Waals surface area contributed by atoms with Gasteiger partial charge < -0.3 is 19.5 Å². The van der Waals surface area contributed by atoms with Crippen LogP contribution in [0.2, 0.25) is 0 Å². The van der Waals surface area contributed by atoms with Gasteiger partial charge in [-0.25, -0.2) is 9.97 Å². The van der Waals surface area contributed by atoms with E-state index >= 15 is 0 Å². The highest BCUT2D eigenvalue weighted by Gasteiger charge is 2.08. The molecule has 3 aromatic heterocycles. The summed E-state index contributed by atoms with van der Waals surface area (Å²) in [6.45, 7) is 5.38. The second-order valence-electron chi connectivity index (χ2n) is 4.53. The van der Waals surface area contributed by atoms with Crippen molar-refractivity contribution in [2.24, 2.45) is 0 Å². The van der Waals surface area contributed by atoms with Gasteiger partial charge >= 0.3 is 0 Å². The third-order valence-corrected chi connectivity index (χ3v) is 2.96. The van der Waals surface area contributed by atoms with Gasteiger partial charge in [-0.2, -0.15) is 0 Å². The van der Waals surface area contributed by atoms with Crippen LogP contribution < -0.4 is 10.6 Å². The molecule has 0 saturated carbocycles. The van der Waals surface area contributed by atoms with Crippen molar-refractivity contribution in [1.82, 2.24) is 14.4 Å². The molecule has 0 saturated heterocycles.